The maximum Gasteiger partial charge on any atom is 0.335 e. The maximum atomic E-state index is 10.6. The SMILES string of the molecule is CC(C)[C@@H](C)c1ccc(C(=O)O)cc1. The summed E-state index contributed by atoms with van der Waals surface area (Å²) in [4.78, 5) is 10.6. The molecule has 2 heteroatoms. The highest BCUT2D eigenvalue weighted by Crippen LogP contribution is 2.23. The Balaban J connectivity index is 2.88. The molecule has 1 aromatic carbocycles. The molecule has 1 rings (SSSR count). The van der Waals surface area contributed by atoms with E-state index >= 15 is 0 Å². The van der Waals surface area contributed by atoms with Crippen LogP contribution in [0.5, 0.6) is 0 Å². The van der Waals surface area contributed by atoms with Crippen LogP contribution < -0.4 is 0 Å². The summed E-state index contributed by atoms with van der Waals surface area (Å²) in [5.74, 6) is 0.178. The molecular formula is C12H16O2. The van der Waals surface area contributed by atoms with Gasteiger partial charge >= 0.3 is 5.97 Å². The first kappa shape index (κ1) is 10.8. The lowest BCUT2D eigenvalue weighted by Crippen LogP contribution is -2.03. The Morgan fingerprint density at radius 2 is 1.64 bits per heavy atom. The molecule has 0 heterocycles. The summed E-state index contributed by atoms with van der Waals surface area (Å²) in [6.45, 7) is 6.48. The molecule has 0 aliphatic rings. The fourth-order valence-corrected chi connectivity index (χ4v) is 1.31. The fraction of sp³-hybridized carbons (Fsp3) is 0.417. The Hall–Kier alpha value is -1.31. The van der Waals surface area contributed by atoms with Crippen LogP contribution in [0, 0.1) is 5.92 Å². The number of aromatic carboxylic acids is 1. The lowest BCUT2D eigenvalue weighted by Gasteiger charge is -2.15. The molecule has 2 nitrogen and oxygen atoms in total. The van der Waals surface area contributed by atoms with E-state index in [2.05, 4.69) is 20.8 Å². The van der Waals surface area contributed by atoms with E-state index in [-0.39, 0.29) is 0 Å². The molecule has 1 N–H and O–H groups in total. The van der Waals surface area contributed by atoms with Crippen LogP contribution in [0.1, 0.15) is 42.6 Å². The average Bonchev–Trinajstić information content (AvgIpc) is 2.16. The first-order chi connectivity index (χ1) is 6.52. The smallest absolute Gasteiger partial charge is 0.335 e. The lowest BCUT2D eigenvalue weighted by molar-refractivity contribution is 0.0697. The zero-order chi connectivity index (χ0) is 10.7. The maximum absolute atomic E-state index is 10.6. The molecule has 1 atom stereocenters. The van der Waals surface area contributed by atoms with Gasteiger partial charge in [-0.3, -0.25) is 0 Å². The van der Waals surface area contributed by atoms with Crippen LogP contribution in [-0.4, -0.2) is 11.1 Å². The molecule has 0 aliphatic carbocycles. The van der Waals surface area contributed by atoms with Crippen molar-refractivity contribution in [3.63, 3.8) is 0 Å². The van der Waals surface area contributed by atoms with Gasteiger partial charge in [0.25, 0.3) is 0 Å². The third-order valence-electron chi connectivity index (χ3n) is 2.68. The number of carbonyl (C=O) groups is 1. The van der Waals surface area contributed by atoms with E-state index < -0.39 is 5.97 Å². The van der Waals surface area contributed by atoms with Crippen molar-refractivity contribution in [1.29, 1.82) is 0 Å². The average molecular weight is 192 g/mol. The molecular weight excluding hydrogens is 176 g/mol. The van der Waals surface area contributed by atoms with Gasteiger partial charge in [0.15, 0.2) is 0 Å². The van der Waals surface area contributed by atoms with E-state index in [4.69, 9.17) is 5.11 Å². The minimum Gasteiger partial charge on any atom is -0.478 e. The molecule has 0 bridgehead atoms. The van der Waals surface area contributed by atoms with Gasteiger partial charge in [0.05, 0.1) is 5.56 Å². The van der Waals surface area contributed by atoms with Crippen molar-refractivity contribution in [2.75, 3.05) is 0 Å². The molecule has 0 unspecified atom stereocenters. The van der Waals surface area contributed by atoms with Crippen LogP contribution in [0.15, 0.2) is 24.3 Å². The number of rotatable bonds is 3. The first-order valence-electron chi connectivity index (χ1n) is 4.85. The van der Waals surface area contributed by atoms with Crippen molar-refractivity contribution in [3.05, 3.63) is 35.4 Å². The second kappa shape index (κ2) is 4.27. The van der Waals surface area contributed by atoms with Crippen molar-refractivity contribution in [2.24, 2.45) is 5.92 Å². The minimum atomic E-state index is -0.867. The molecule has 0 aliphatic heterocycles. The Bertz CT molecular complexity index is 312. The standard InChI is InChI=1S/C12H16O2/c1-8(2)9(3)10-4-6-11(7-5-10)12(13)14/h4-9H,1-3H3,(H,13,14)/t9-/m1/s1. The number of carboxylic acids is 1. The van der Waals surface area contributed by atoms with Crippen molar-refractivity contribution >= 4 is 5.97 Å². The first-order valence-corrected chi connectivity index (χ1v) is 4.85. The van der Waals surface area contributed by atoms with E-state index in [1.54, 1.807) is 12.1 Å². The highest BCUT2D eigenvalue weighted by Gasteiger charge is 2.10. The third kappa shape index (κ3) is 2.34. The Labute approximate surface area is 84.6 Å². The lowest BCUT2D eigenvalue weighted by atomic mass is 9.90. The van der Waals surface area contributed by atoms with E-state index in [1.165, 1.54) is 5.56 Å². The molecule has 0 amide bonds. The normalized spacial score (nSPS) is 12.9. The van der Waals surface area contributed by atoms with Gasteiger partial charge in [-0.1, -0.05) is 32.9 Å². The van der Waals surface area contributed by atoms with E-state index in [0.29, 0.717) is 17.4 Å². The van der Waals surface area contributed by atoms with Gasteiger partial charge in [-0.2, -0.15) is 0 Å². The molecule has 76 valence electrons. The van der Waals surface area contributed by atoms with Gasteiger partial charge in [-0.05, 0) is 29.5 Å². The van der Waals surface area contributed by atoms with Crippen LogP contribution in [0.3, 0.4) is 0 Å². The van der Waals surface area contributed by atoms with E-state index in [0.717, 1.165) is 0 Å². The topological polar surface area (TPSA) is 37.3 Å². The summed E-state index contributed by atoms with van der Waals surface area (Å²) in [5, 5.41) is 8.72. The molecule has 0 saturated carbocycles. The van der Waals surface area contributed by atoms with Crippen LogP contribution in [0.2, 0.25) is 0 Å². The highest BCUT2D eigenvalue weighted by atomic mass is 16.4. The minimum absolute atomic E-state index is 0.352. The van der Waals surface area contributed by atoms with E-state index in [1.807, 2.05) is 12.1 Å². The van der Waals surface area contributed by atoms with Crippen molar-refractivity contribution in [3.8, 4) is 0 Å². The van der Waals surface area contributed by atoms with Crippen LogP contribution >= 0.6 is 0 Å². The van der Waals surface area contributed by atoms with Gasteiger partial charge in [0.1, 0.15) is 0 Å². The Morgan fingerprint density at radius 3 is 2.00 bits per heavy atom. The summed E-state index contributed by atoms with van der Waals surface area (Å²) >= 11 is 0. The van der Waals surface area contributed by atoms with Crippen molar-refractivity contribution in [1.82, 2.24) is 0 Å². The Kier molecular flexibility index (Phi) is 3.28. The number of benzene rings is 1. The second-order valence-electron chi connectivity index (χ2n) is 3.96. The zero-order valence-electron chi connectivity index (χ0n) is 8.82. The molecule has 1 aromatic rings. The second-order valence-corrected chi connectivity index (χ2v) is 3.96. The van der Waals surface area contributed by atoms with Gasteiger partial charge in [-0.15, -0.1) is 0 Å². The summed E-state index contributed by atoms with van der Waals surface area (Å²) in [7, 11) is 0. The van der Waals surface area contributed by atoms with Crippen LogP contribution in [0.4, 0.5) is 0 Å². The van der Waals surface area contributed by atoms with Crippen LogP contribution in [0.25, 0.3) is 0 Å². The molecule has 0 spiro atoms. The Morgan fingerprint density at radius 1 is 1.14 bits per heavy atom. The van der Waals surface area contributed by atoms with Gasteiger partial charge in [-0.25, -0.2) is 4.79 Å². The predicted octanol–water partition coefficient (Wildman–Crippen LogP) is 3.14. The zero-order valence-corrected chi connectivity index (χ0v) is 8.82. The van der Waals surface area contributed by atoms with Crippen molar-refractivity contribution < 1.29 is 9.90 Å². The number of hydrogen-bond acceptors (Lipinski definition) is 1. The van der Waals surface area contributed by atoms with Crippen LogP contribution in [-0.2, 0) is 0 Å². The number of hydrogen-bond donors (Lipinski definition) is 1. The highest BCUT2D eigenvalue weighted by molar-refractivity contribution is 5.87. The molecule has 0 aromatic heterocycles. The number of carboxylic acid groups (broad SMARTS) is 1. The molecule has 14 heavy (non-hydrogen) atoms. The van der Waals surface area contributed by atoms with Crippen molar-refractivity contribution in [2.45, 2.75) is 26.7 Å². The molecule has 0 saturated heterocycles. The largest absolute Gasteiger partial charge is 0.478 e. The molecule has 0 radical (unpaired) electrons. The van der Waals surface area contributed by atoms with E-state index in [9.17, 15) is 4.79 Å². The van der Waals surface area contributed by atoms with Gasteiger partial charge < -0.3 is 5.11 Å². The summed E-state index contributed by atoms with van der Waals surface area (Å²) < 4.78 is 0. The summed E-state index contributed by atoms with van der Waals surface area (Å²) in [5.41, 5.74) is 1.55. The fourth-order valence-electron chi connectivity index (χ4n) is 1.31. The predicted molar refractivity (Wildman–Crippen MR) is 56.7 cm³/mol. The summed E-state index contributed by atoms with van der Waals surface area (Å²) in [6.07, 6.45) is 0. The monoisotopic (exact) mass is 192 g/mol. The molecule has 0 fully saturated rings. The third-order valence-corrected chi connectivity index (χ3v) is 2.68. The quantitative estimate of drug-likeness (QED) is 0.798. The van der Waals surface area contributed by atoms with Gasteiger partial charge in [0.2, 0.25) is 0 Å². The van der Waals surface area contributed by atoms with Gasteiger partial charge in [0, 0.05) is 0 Å². The summed E-state index contributed by atoms with van der Waals surface area (Å²) in [6, 6.07) is 7.12.